The van der Waals surface area contributed by atoms with E-state index in [9.17, 15) is 14.4 Å². The molecule has 2 amide bonds. The van der Waals surface area contributed by atoms with Crippen molar-refractivity contribution in [1.29, 1.82) is 0 Å². The Bertz CT molecular complexity index is 1010. The Morgan fingerprint density at radius 3 is 2.37 bits per heavy atom. The van der Waals surface area contributed by atoms with Gasteiger partial charge in [0.25, 0.3) is 5.91 Å². The Labute approximate surface area is 156 Å². The number of hydrazine groups is 1. The van der Waals surface area contributed by atoms with Crippen molar-refractivity contribution in [3.05, 3.63) is 83.4 Å². The molecule has 0 unspecified atom stereocenters. The van der Waals surface area contributed by atoms with Crippen LogP contribution < -0.4 is 10.9 Å². The molecule has 0 aromatic heterocycles. The van der Waals surface area contributed by atoms with E-state index < -0.39 is 11.9 Å². The third-order valence-electron chi connectivity index (χ3n) is 4.09. The maximum atomic E-state index is 12.2. The highest BCUT2D eigenvalue weighted by atomic mass is 16.5. The van der Waals surface area contributed by atoms with Crippen LogP contribution in [0.4, 0.5) is 0 Å². The van der Waals surface area contributed by atoms with Gasteiger partial charge in [-0.15, -0.1) is 0 Å². The fourth-order valence-electron chi connectivity index (χ4n) is 2.77. The monoisotopic (exact) mass is 362 g/mol. The number of carbonyl (C=O) groups is 3. The molecule has 0 radical (unpaired) electrons. The van der Waals surface area contributed by atoms with E-state index in [1.54, 1.807) is 18.2 Å². The molecule has 0 fully saturated rings. The van der Waals surface area contributed by atoms with Crippen molar-refractivity contribution in [3.8, 4) is 0 Å². The fourth-order valence-corrected chi connectivity index (χ4v) is 2.77. The maximum absolute atomic E-state index is 12.2. The van der Waals surface area contributed by atoms with Crippen molar-refractivity contribution in [2.24, 2.45) is 0 Å². The number of carbonyl (C=O) groups excluding carboxylic acids is 3. The molecule has 3 rings (SSSR count). The van der Waals surface area contributed by atoms with E-state index in [2.05, 4.69) is 15.6 Å². The quantitative estimate of drug-likeness (QED) is 0.552. The maximum Gasteiger partial charge on any atom is 0.337 e. The lowest BCUT2D eigenvalue weighted by molar-refractivity contribution is -0.121. The van der Waals surface area contributed by atoms with Crippen LogP contribution in [0.5, 0.6) is 0 Å². The van der Waals surface area contributed by atoms with Gasteiger partial charge < -0.3 is 4.74 Å². The van der Waals surface area contributed by atoms with E-state index in [0.717, 1.165) is 16.3 Å². The number of ether oxygens (including phenoxy) is 1. The van der Waals surface area contributed by atoms with Gasteiger partial charge in [-0.25, -0.2) is 4.79 Å². The molecule has 0 bridgehead atoms. The first kappa shape index (κ1) is 18.1. The number of methoxy groups -OCH3 is 1. The van der Waals surface area contributed by atoms with Crippen LogP contribution in [-0.4, -0.2) is 24.9 Å². The van der Waals surface area contributed by atoms with Crippen LogP contribution in [-0.2, 0) is 16.0 Å². The Hall–Kier alpha value is -3.67. The van der Waals surface area contributed by atoms with E-state index >= 15 is 0 Å². The van der Waals surface area contributed by atoms with Crippen molar-refractivity contribution in [2.45, 2.75) is 6.42 Å². The summed E-state index contributed by atoms with van der Waals surface area (Å²) >= 11 is 0. The summed E-state index contributed by atoms with van der Waals surface area (Å²) in [5, 5.41) is 2.04. The highest BCUT2D eigenvalue weighted by Gasteiger charge is 2.12. The molecule has 3 aromatic carbocycles. The Balaban J connectivity index is 1.64. The summed E-state index contributed by atoms with van der Waals surface area (Å²) in [5.41, 5.74) is 6.13. The normalized spacial score (nSPS) is 10.3. The zero-order chi connectivity index (χ0) is 19.2. The Kier molecular flexibility index (Phi) is 5.47. The van der Waals surface area contributed by atoms with Gasteiger partial charge in [0.15, 0.2) is 0 Å². The second-order valence-corrected chi connectivity index (χ2v) is 5.89. The first-order valence-electron chi connectivity index (χ1n) is 8.32. The standard InChI is InChI=1S/C21H18N2O4/c1-27-21(26)17-10-5-9-16(12-17)20(25)23-22-19(24)13-15-8-4-7-14-6-2-3-11-18(14)15/h2-12H,13H2,1H3,(H,22,24)(H,23,25). The second-order valence-electron chi connectivity index (χ2n) is 5.89. The molecule has 0 spiro atoms. The predicted octanol–water partition coefficient (Wildman–Crippen LogP) is 2.63. The molecular weight excluding hydrogens is 344 g/mol. The van der Waals surface area contributed by atoms with Gasteiger partial charge in [0.2, 0.25) is 5.91 Å². The highest BCUT2D eigenvalue weighted by molar-refractivity contribution is 5.99. The molecule has 3 aromatic rings. The number of nitrogens with one attached hydrogen (secondary N) is 2. The average molecular weight is 362 g/mol. The van der Waals surface area contributed by atoms with E-state index in [1.165, 1.54) is 13.2 Å². The molecule has 2 N–H and O–H groups in total. The van der Waals surface area contributed by atoms with E-state index in [1.807, 2.05) is 42.5 Å². The van der Waals surface area contributed by atoms with Crippen LogP contribution in [0.2, 0.25) is 0 Å². The molecule has 0 aliphatic rings. The molecule has 0 aliphatic heterocycles. The van der Waals surface area contributed by atoms with Crippen molar-refractivity contribution < 1.29 is 19.1 Å². The Morgan fingerprint density at radius 2 is 1.56 bits per heavy atom. The number of esters is 1. The molecule has 0 atom stereocenters. The van der Waals surface area contributed by atoms with Crippen LogP contribution >= 0.6 is 0 Å². The zero-order valence-electron chi connectivity index (χ0n) is 14.7. The van der Waals surface area contributed by atoms with Crippen molar-refractivity contribution in [1.82, 2.24) is 10.9 Å². The smallest absolute Gasteiger partial charge is 0.337 e. The molecule has 0 saturated carbocycles. The van der Waals surface area contributed by atoms with Gasteiger partial charge in [-0.3, -0.25) is 20.4 Å². The number of fused-ring (bicyclic) bond motifs is 1. The molecule has 0 heterocycles. The van der Waals surface area contributed by atoms with Crippen LogP contribution in [0, 0.1) is 0 Å². The molecular formula is C21H18N2O4. The van der Waals surface area contributed by atoms with Gasteiger partial charge in [0.1, 0.15) is 0 Å². The number of benzene rings is 3. The number of hydrogen-bond acceptors (Lipinski definition) is 4. The van der Waals surface area contributed by atoms with Crippen LogP contribution in [0.1, 0.15) is 26.3 Å². The van der Waals surface area contributed by atoms with Crippen LogP contribution in [0.3, 0.4) is 0 Å². The van der Waals surface area contributed by atoms with Crippen LogP contribution in [0.25, 0.3) is 10.8 Å². The molecule has 0 aliphatic carbocycles. The summed E-state index contributed by atoms with van der Waals surface area (Å²) in [5.74, 6) is -1.40. The van der Waals surface area contributed by atoms with Gasteiger partial charge >= 0.3 is 5.97 Å². The van der Waals surface area contributed by atoms with Gasteiger partial charge in [-0.2, -0.15) is 0 Å². The summed E-state index contributed by atoms with van der Waals surface area (Å²) in [7, 11) is 1.27. The molecule has 0 saturated heterocycles. The third kappa shape index (κ3) is 4.30. The lowest BCUT2D eigenvalue weighted by Gasteiger charge is -2.10. The lowest BCUT2D eigenvalue weighted by Crippen LogP contribution is -2.42. The van der Waals surface area contributed by atoms with E-state index in [-0.39, 0.29) is 23.5 Å². The predicted molar refractivity (Wildman–Crippen MR) is 101 cm³/mol. The summed E-state index contributed by atoms with van der Waals surface area (Å²) < 4.78 is 4.63. The summed E-state index contributed by atoms with van der Waals surface area (Å²) in [4.78, 5) is 36.0. The first-order valence-corrected chi connectivity index (χ1v) is 8.32. The largest absolute Gasteiger partial charge is 0.465 e. The molecule has 136 valence electrons. The van der Waals surface area contributed by atoms with Crippen LogP contribution in [0.15, 0.2) is 66.7 Å². The molecule has 6 heteroatoms. The number of hydrogen-bond donors (Lipinski definition) is 2. The SMILES string of the molecule is COC(=O)c1cccc(C(=O)NNC(=O)Cc2cccc3ccccc23)c1. The molecule has 6 nitrogen and oxygen atoms in total. The van der Waals surface area contributed by atoms with E-state index in [0.29, 0.717) is 0 Å². The summed E-state index contributed by atoms with van der Waals surface area (Å²) in [6, 6.07) is 19.6. The fraction of sp³-hybridized carbons (Fsp3) is 0.0952. The molecule has 27 heavy (non-hydrogen) atoms. The minimum Gasteiger partial charge on any atom is -0.465 e. The summed E-state index contributed by atoms with van der Waals surface area (Å²) in [6.45, 7) is 0. The van der Waals surface area contributed by atoms with Gasteiger partial charge in [0.05, 0.1) is 19.1 Å². The van der Waals surface area contributed by atoms with Crippen molar-refractivity contribution in [3.63, 3.8) is 0 Å². The van der Waals surface area contributed by atoms with Crippen molar-refractivity contribution >= 4 is 28.6 Å². The number of rotatable bonds is 4. The van der Waals surface area contributed by atoms with Crippen molar-refractivity contribution in [2.75, 3.05) is 7.11 Å². The van der Waals surface area contributed by atoms with E-state index in [4.69, 9.17) is 0 Å². The number of amides is 2. The van der Waals surface area contributed by atoms with Gasteiger partial charge in [0, 0.05) is 5.56 Å². The highest BCUT2D eigenvalue weighted by Crippen LogP contribution is 2.18. The minimum atomic E-state index is -0.537. The Morgan fingerprint density at radius 1 is 0.852 bits per heavy atom. The van der Waals surface area contributed by atoms with Gasteiger partial charge in [-0.05, 0) is 34.5 Å². The van der Waals surface area contributed by atoms with Gasteiger partial charge in [-0.1, -0.05) is 48.5 Å². The second kappa shape index (κ2) is 8.14. The average Bonchev–Trinajstić information content (AvgIpc) is 2.71. The summed E-state index contributed by atoms with van der Waals surface area (Å²) in [6.07, 6.45) is 0.129. The zero-order valence-corrected chi connectivity index (χ0v) is 14.7. The first-order chi connectivity index (χ1) is 13.1. The third-order valence-corrected chi connectivity index (χ3v) is 4.09. The minimum absolute atomic E-state index is 0.129. The topological polar surface area (TPSA) is 84.5 Å². The lowest BCUT2D eigenvalue weighted by atomic mass is 10.0.